The lowest BCUT2D eigenvalue weighted by Gasteiger charge is -2.24. The average Bonchev–Trinajstić information content (AvgIpc) is 3.24. The zero-order chi connectivity index (χ0) is 30.1. The molecule has 1 aliphatic rings. The van der Waals surface area contributed by atoms with Gasteiger partial charge in [-0.2, -0.15) is 0 Å². The fourth-order valence-electron chi connectivity index (χ4n) is 4.59. The molecule has 0 aliphatic carbocycles. The minimum atomic E-state index is -0.688. The summed E-state index contributed by atoms with van der Waals surface area (Å²) in [4.78, 5) is 32.0. The molecule has 0 radical (unpaired) electrons. The number of aromatic nitrogens is 1. The molecule has 0 saturated carbocycles. The van der Waals surface area contributed by atoms with Crippen molar-refractivity contribution in [1.29, 1.82) is 0 Å². The first-order valence-corrected chi connectivity index (χ1v) is 15.2. The van der Waals surface area contributed by atoms with Gasteiger partial charge in [-0.3, -0.25) is 9.36 Å². The smallest absolute Gasteiger partial charge is 0.338 e. The van der Waals surface area contributed by atoms with Crippen LogP contribution in [0.15, 0.2) is 75.7 Å². The molecular weight excluding hydrogens is 638 g/mol. The summed E-state index contributed by atoms with van der Waals surface area (Å²) in [5, 5.41) is 1.42. The molecule has 42 heavy (non-hydrogen) atoms. The van der Waals surface area contributed by atoms with Crippen LogP contribution in [-0.4, -0.2) is 17.1 Å². The maximum Gasteiger partial charge on any atom is 0.338 e. The van der Waals surface area contributed by atoms with E-state index in [0.717, 1.165) is 16.7 Å². The third-order valence-electron chi connectivity index (χ3n) is 6.60. The van der Waals surface area contributed by atoms with Crippen LogP contribution in [0, 0.1) is 6.92 Å². The standard InChI is InChI=1S/C31H24Cl4N2O4S/c1-4-40-30(39)26-17(3)36-31-37(27(26)20-8-5-16(2)6-9-20)29(38)25(42-31)14-19-12-23(34)28(24(35)13-19)41-15-18-7-10-21(32)22(33)11-18/h5-14,27H,4,15H2,1-3H3/b25-14+/t27-/m1/s1. The molecule has 1 aliphatic heterocycles. The normalized spacial score (nSPS) is 14.9. The number of hydrogen-bond donors (Lipinski definition) is 0. The van der Waals surface area contributed by atoms with Gasteiger partial charge < -0.3 is 9.47 Å². The number of nitrogens with zero attached hydrogens (tertiary/aromatic N) is 2. The van der Waals surface area contributed by atoms with E-state index in [0.29, 0.717) is 42.0 Å². The Morgan fingerprint density at radius 3 is 2.31 bits per heavy atom. The number of fused-ring (bicyclic) bond motifs is 1. The second kappa shape index (κ2) is 12.7. The van der Waals surface area contributed by atoms with E-state index in [1.807, 2.05) is 31.2 Å². The van der Waals surface area contributed by atoms with Gasteiger partial charge in [-0.1, -0.05) is 93.6 Å². The van der Waals surface area contributed by atoms with Crippen LogP contribution in [0.3, 0.4) is 0 Å². The number of carbonyl (C=O) groups excluding carboxylic acids is 1. The molecule has 4 aromatic rings. The van der Waals surface area contributed by atoms with Crippen molar-refractivity contribution in [1.82, 2.24) is 4.57 Å². The van der Waals surface area contributed by atoms with E-state index in [1.54, 1.807) is 54.8 Å². The predicted octanol–water partition coefficient (Wildman–Crippen LogP) is 7.30. The number of rotatable bonds is 7. The van der Waals surface area contributed by atoms with Crippen molar-refractivity contribution in [3.63, 3.8) is 0 Å². The highest BCUT2D eigenvalue weighted by molar-refractivity contribution is 7.07. The SMILES string of the molecule is CCOC(=O)C1=C(C)N=c2s/c(=C/c3cc(Cl)c(OCc4ccc(Cl)c(Cl)c4)c(Cl)c3)c(=O)n2[C@@H]1c1ccc(C)cc1. The lowest BCUT2D eigenvalue weighted by molar-refractivity contribution is -0.139. The second-order valence-corrected chi connectivity index (χ2v) is 12.2. The van der Waals surface area contributed by atoms with Crippen LogP contribution in [0.5, 0.6) is 5.75 Å². The Bertz CT molecular complexity index is 1890. The van der Waals surface area contributed by atoms with Gasteiger partial charge in [0, 0.05) is 0 Å². The van der Waals surface area contributed by atoms with Crippen LogP contribution in [0.2, 0.25) is 20.1 Å². The van der Waals surface area contributed by atoms with E-state index in [9.17, 15) is 9.59 Å². The van der Waals surface area contributed by atoms with E-state index < -0.39 is 12.0 Å². The number of halogens is 4. The number of hydrogen-bond acceptors (Lipinski definition) is 6. The number of aryl methyl sites for hydroxylation is 1. The molecule has 1 aromatic heterocycles. The van der Waals surface area contributed by atoms with Gasteiger partial charge in [0.05, 0.1) is 48.5 Å². The Morgan fingerprint density at radius 2 is 1.67 bits per heavy atom. The molecule has 2 heterocycles. The zero-order valence-electron chi connectivity index (χ0n) is 22.7. The summed E-state index contributed by atoms with van der Waals surface area (Å²) < 4.78 is 13.2. The molecule has 0 saturated heterocycles. The Balaban J connectivity index is 1.54. The molecule has 1 atom stereocenters. The summed E-state index contributed by atoms with van der Waals surface area (Å²) in [6.07, 6.45) is 1.69. The highest BCUT2D eigenvalue weighted by Crippen LogP contribution is 2.36. The molecule has 3 aromatic carbocycles. The quantitative estimate of drug-likeness (QED) is 0.195. The first-order chi connectivity index (χ1) is 20.1. The molecule has 0 N–H and O–H groups in total. The molecule has 0 spiro atoms. The number of benzene rings is 3. The minimum Gasteiger partial charge on any atom is -0.486 e. The third-order valence-corrected chi connectivity index (χ3v) is 8.88. The fourth-order valence-corrected chi connectivity index (χ4v) is 6.57. The van der Waals surface area contributed by atoms with Gasteiger partial charge in [0.2, 0.25) is 0 Å². The summed E-state index contributed by atoms with van der Waals surface area (Å²) in [6, 6.07) is 15.5. The molecule has 0 bridgehead atoms. The summed E-state index contributed by atoms with van der Waals surface area (Å²) >= 11 is 26.4. The Labute approximate surface area is 266 Å². The van der Waals surface area contributed by atoms with Crippen molar-refractivity contribution < 1.29 is 14.3 Å². The Hall–Kier alpha value is -3.07. The fraction of sp³-hybridized carbons (Fsp3) is 0.194. The van der Waals surface area contributed by atoms with Gasteiger partial charge in [0.1, 0.15) is 6.61 Å². The van der Waals surface area contributed by atoms with Crippen molar-refractivity contribution in [3.8, 4) is 5.75 Å². The van der Waals surface area contributed by atoms with E-state index in [2.05, 4.69) is 4.99 Å². The van der Waals surface area contributed by atoms with E-state index >= 15 is 0 Å². The van der Waals surface area contributed by atoms with Crippen LogP contribution in [-0.2, 0) is 16.1 Å². The number of allylic oxidation sites excluding steroid dienone is 1. The van der Waals surface area contributed by atoms with Gasteiger partial charge in [0.25, 0.3) is 5.56 Å². The van der Waals surface area contributed by atoms with Crippen molar-refractivity contribution in [2.45, 2.75) is 33.4 Å². The van der Waals surface area contributed by atoms with Gasteiger partial charge in [0.15, 0.2) is 10.6 Å². The maximum absolute atomic E-state index is 13.8. The average molecular weight is 662 g/mol. The monoisotopic (exact) mass is 660 g/mol. The topological polar surface area (TPSA) is 69.9 Å². The first-order valence-electron chi connectivity index (χ1n) is 12.9. The Morgan fingerprint density at radius 1 is 0.976 bits per heavy atom. The summed E-state index contributed by atoms with van der Waals surface area (Å²) in [6.45, 7) is 5.85. The predicted molar refractivity (Wildman–Crippen MR) is 169 cm³/mol. The van der Waals surface area contributed by atoms with E-state index in [-0.39, 0.29) is 28.8 Å². The Kier molecular flexibility index (Phi) is 9.16. The zero-order valence-corrected chi connectivity index (χ0v) is 26.6. The first kappa shape index (κ1) is 30.4. The van der Waals surface area contributed by atoms with E-state index in [1.165, 1.54) is 11.3 Å². The lowest BCUT2D eigenvalue weighted by Crippen LogP contribution is -2.39. The highest BCUT2D eigenvalue weighted by atomic mass is 35.5. The van der Waals surface area contributed by atoms with Gasteiger partial charge in [-0.05, 0) is 67.8 Å². The number of carbonyl (C=O) groups is 1. The van der Waals surface area contributed by atoms with Crippen molar-refractivity contribution in [3.05, 3.63) is 128 Å². The van der Waals surface area contributed by atoms with Crippen LogP contribution >= 0.6 is 57.7 Å². The van der Waals surface area contributed by atoms with Crippen molar-refractivity contribution >= 4 is 69.8 Å². The van der Waals surface area contributed by atoms with Crippen LogP contribution < -0.4 is 19.6 Å². The minimum absolute atomic E-state index is 0.176. The summed E-state index contributed by atoms with van der Waals surface area (Å²) in [5.74, 6) is -0.203. The highest BCUT2D eigenvalue weighted by Gasteiger charge is 2.33. The van der Waals surface area contributed by atoms with Crippen LogP contribution in [0.25, 0.3) is 6.08 Å². The number of thiazole rings is 1. The molecule has 5 rings (SSSR count). The molecular formula is C31H24Cl4N2O4S. The van der Waals surface area contributed by atoms with Crippen molar-refractivity contribution in [2.75, 3.05) is 6.61 Å². The molecule has 0 unspecified atom stereocenters. The van der Waals surface area contributed by atoms with Gasteiger partial charge in [-0.25, -0.2) is 9.79 Å². The van der Waals surface area contributed by atoms with Gasteiger partial charge in [-0.15, -0.1) is 0 Å². The number of esters is 1. The molecule has 11 heteroatoms. The largest absolute Gasteiger partial charge is 0.486 e. The maximum atomic E-state index is 13.8. The third kappa shape index (κ3) is 6.17. The summed E-state index contributed by atoms with van der Waals surface area (Å²) in [7, 11) is 0. The molecule has 0 amide bonds. The van der Waals surface area contributed by atoms with E-state index in [4.69, 9.17) is 55.9 Å². The van der Waals surface area contributed by atoms with Crippen LogP contribution in [0.1, 0.15) is 42.1 Å². The van der Waals surface area contributed by atoms with Crippen LogP contribution in [0.4, 0.5) is 0 Å². The molecule has 216 valence electrons. The number of ether oxygens (including phenoxy) is 2. The molecule has 6 nitrogen and oxygen atoms in total. The molecule has 0 fully saturated rings. The summed E-state index contributed by atoms with van der Waals surface area (Å²) in [5.41, 5.74) is 3.76. The van der Waals surface area contributed by atoms with Crippen molar-refractivity contribution in [2.24, 2.45) is 4.99 Å². The lowest BCUT2D eigenvalue weighted by atomic mass is 9.95. The van der Waals surface area contributed by atoms with Gasteiger partial charge >= 0.3 is 5.97 Å². The second-order valence-electron chi connectivity index (χ2n) is 9.56.